The van der Waals surface area contributed by atoms with Gasteiger partial charge >= 0.3 is 0 Å². The van der Waals surface area contributed by atoms with Crippen LogP contribution in [0.1, 0.15) is 86.1 Å². The summed E-state index contributed by atoms with van der Waals surface area (Å²) in [6, 6.07) is 33.1. The molecule has 0 unspecified atom stereocenters. The molecule has 2 aliphatic heterocycles. The third-order valence-electron chi connectivity index (χ3n) is 12.1. The minimum atomic E-state index is -0.0276. The Labute approximate surface area is 315 Å². The molecule has 0 N–H and O–H groups in total. The van der Waals surface area contributed by atoms with Crippen LogP contribution < -0.4 is 21.1 Å². The van der Waals surface area contributed by atoms with Gasteiger partial charge in [0.25, 0.3) is 6.71 Å². The second kappa shape index (κ2) is 11.2. The van der Waals surface area contributed by atoms with Crippen LogP contribution in [-0.2, 0) is 10.8 Å². The molecule has 2 nitrogen and oxygen atoms in total. The molecule has 264 valence electrons. The molecule has 0 bridgehead atoms. The number of benzene rings is 6. The molecule has 0 saturated carbocycles. The fourth-order valence-corrected chi connectivity index (χ4v) is 9.75. The van der Waals surface area contributed by atoms with Gasteiger partial charge in [0.05, 0.1) is 5.52 Å². The minimum Gasteiger partial charge on any atom is -0.458 e. The Morgan fingerprint density at radius 3 is 1.70 bits per heavy atom. The van der Waals surface area contributed by atoms with Gasteiger partial charge in [-0.25, -0.2) is 0 Å². The summed E-state index contributed by atoms with van der Waals surface area (Å²) in [6.45, 7) is 27.4. The lowest BCUT2D eigenvalue weighted by atomic mass is 9.34. The number of rotatable bonds is 2. The third kappa shape index (κ3) is 5.07. The third-order valence-corrected chi connectivity index (χ3v) is 12.1. The van der Waals surface area contributed by atoms with Gasteiger partial charge in [-0.1, -0.05) is 101 Å². The number of aromatic nitrogens is 1. The Morgan fingerprint density at radius 1 is 0.509 bits per heavy atom. The maximum absolute atomic E-state index is 7.11. The van der Waals surface area contributed by atoms with Crippen LogP contribution >= 0.6 is 0 Å². The van der Waals surface area contributed by atoms with Crippen molar-refractivity contribution in [2.75, 3.05) is 0 Å². The van der Waals surface area contributed by atoms with Crippen molar-refractivity contribution in [1.82, 2.24) is 4.57 Å². The molecule has 0 saturated heterocycles. The molecule has 3 heteroatoms. The maximum atomic E-state index is 7.11. The normalized spacial score (nSPS) is 13.4. The zero-order valence-corrected chi connectivity index (χ0v) is 33.5. The minimum absolute atomic E-state index is 0.0210. The zero-order chi connectivity index (χ0) is 37.5. The van der Waals surface area contributed by atoms with Gasteiger partial charge in [-0.2, -0.15) is 0 Å². The van der Waals surface area contributed by atoms with Crippen molar-refractivity contribution >= 4 is 44.9 Å². The largest absolute Gasteiger partial charge is 0.458 e. The van der Waals surface area contributed by atoms with Crippen molar-refractivity contribution in [3.05, 3.63) is 129 Å². The fourth-order valence-electron chi connectivity index (χ4n) is 9.75. The van der Waals surface area contributed by atoms with Crippen molar-refractivity contribution in [2.24, 2.45) is 0 Å². The van der Waals surface area contributed by atoms with E-state index in [1.54, 1.807) is 0 Å². The molecule has 1 aromatic heterocycles. The van der Waals surface area contributed by atoms with Crippen molar-refractivity contribution in [3.8, 4) is 39.4 Å². The molecule has 3 heterocycles. The molecular formula is C50H50BNO. The first-order valence-electron chi connectivity index (χ1n) is 19.3. The van der Waals surface area contributed by atoms with E-state index >= 15 is 0 Å². The van der Waals surface area contributed by atoms with E-state index in [2.05, 4.69) is 173 Å². The quantitative estimate of drug-likeness (QED) is 0.165. The standard InChI is InChI=1S/C50H50BNO/c1-27-17-29(3)45(30(4)18-27)33-13-16-43-39(21-33)51-40-26-36(50(10,11)12)25-38-37-24-35(49(7,8)9)14-15-41(37)52(48(38)40)42-22-34(23-44(53-43)47(42)51)46-31(5)19-28(2)20-32(46)6/h13-26H,1-12H3. The number of aryl methyl sites for hydroxylation is 6. The predicted molar refractivity (Wildman–Crippen MR) is 229 cm³/mol. The Hall–Kier alpha value is -5.02. The van der Waals surface area contributed by atoms with Crippen LogP contribution in [-0.4, -0.2) is 11.3 Å². The number of nitrogens with zero attached hydrogens (tertiary/aromatic N) is 1. The summed E-state index contributed by atoms with van der Waals surface area (Å²) < 4.78 is 9.68. The Morgan fingerprint density at radius 2 is 1.09 bits per heavy atom. The average molecular weight is 692 g/mol. The number of ether oxygens (including phenoxy) is 1. The molecule has 6 aromatic carbocycles. The van der Waals surface area contributed by atoms with Crippen LogP contribution in [0.2, 0.25) is 0 Å². The predicted octanol–water partition coefficient (Wildman–Crippen LogP) is 11.5. The van der Waals surface area contributed by atoms with E-state index in [9.17, 15) is 0 Å². The van der Waals surface area contributed by atoms with E-state index < -0.39 is 0 Å². The highest BCUT2D eigenvalue weighted by Crippen LogP contribution is 2.43. The van der Waals surface area contributed by atoms with Crippen molar-refractivity contribution in [3.63, 3.8) is 0 Å². The van der Waals surface area contributed by atoms with Gasteiger partial charge in [0.15, 0.2) is 0 Å². The first-order valence-corrected chi connectivity index (χ1v) is 19.3. The van der Waals surface area contributed by atoms with Gasteiger partial charge in [-0.15, -0.1) is 0 Å². The molecule has 0 aliphatic carbocycles. The highest BCUT2D eigenvalue weighted by Gasteiger charge is 2.42. The second-order valence-electron chi connectivity index (χ2n) is 18.3. The summed E-state index contributed by atoms with van der Waals surface area (Å²) in [5, 5.41) is 2.66. The Balaban J connectivity index is 1.43. The lowest BCUT2D eigenvalue weighted by Crippen LogP contribution is -2.58. The van der Waals surface area contributed by atoms with E-state index in [-0.39, 0.29) is 17.5 Å². The van der Waals surface area contributed by atoms with Crippen LogP contribution in [0.25, 0.3) is 49.7 Å². The Bertz CT molecular complexity index is 2680. The molecule has 7 aromatic rings. The van der Waals surface area contributed by atoms with E-state index in [1.807, 2.05) is 0 Å². The second-order valence-corrected chi connectivity index (χ2v) is 18.3. The summed E-state index contributed by atoms with van der Waals surface area (Å²) in [5.74, 6) is 1.90. The monoisotopic (exact) mass is 691 g/mol. The maximum Gasteiger partial charge on any atom is 0.256 e. The molecule has 0 radical (unpaired) electrons. The summed E-state index contributed by atoms with van der Waals surface area (Å²) >= 11 is 0. The number of hydrogen-bond donors (Lipinski definition) is 0. The number of hydrogen-bond acceptors (Lipinski definition) is 1. The van der Waals surface area contributed by atoms with Crippen molar-refractivity contribution in [1.29, 1.82) is 0 Å². The number of fused-ring (bicyclic) bond motifs is 7. The van der Waals surface area contributed by atoms with E-state index in [0.717, 1.165) is 11.5 Å². The van der Waals surface area contributed by atoms with Gasteiger partial charge < -0.3 is 9.30 Å². The fraction of sp³-hybridized carbons (Fsp3) is 0.280. The lowest BCUT2D eigenvalue weighted by Gasteiger charge is -2.35. The van der Waals surface area contributed by atoms with Crippen molar-refractivity contribution < 1.29 is 4.74 Å². The van der Waals surface area contributed by atoms with Gasteiger partial charge in [0, 0.05) is 22.0 Å². The first kappa shape index (κ1) is 33.8. The van der Waals surface area contributed by atoms with Crippen LogP contribution in [0.15, 0.2) is 84.9 Å². The van der Waals surface area contributed by atoms with Crippen LogP contribution in [0.5, 0.6) is 11.5 Å². The summed E-state index contributed by atoms with van der Waals surface area (Å²) in [4.78, 5) is 0. The lowest BCUT2D eigenvalue weighted by molar-refractivity contribution is 0.487. The molecule has 0 atom stereocenters. The SMILES string of the molecule is Cc1cc(C)c(-c2ccc3c(c2)B2c4c(cc(-c5c(C)cc(C)cc5C)cc4-n4c5ccc(C(C)(C)C)cc5c5cc(C(C)(C)C)cc2c54)O3)c(C)c1. The van der Waals surface area contributed by atoms with Crippen LogP contribution in [0.3, 0.4) is 0 Å². The van der Waals surface area contributed by atoms with Gasteiger partial charge in [-0.3, -0.25) is 0 Å². The van der Waals surface area contributed by atoms with Crippen molar-refractivity contribution in [2.45, 2.75) is 93.9 Å². The molecule has 0 fully saturated rings. The molecule has 0 spiro atoms. The molecular weight excluding hydrogens is 641 g/mol. The highest BCUT2D eigenvalue weighted by molar-refractivity contribution is 6.99. The zero-order valence-electron chi connectivity index (χ0n) is 33.5. The van der Waals surface area contributed by atoms with Crippen LogP contribution in [0, 0.1) is 41.5 Å². The van der Waals surface area contributed by atoms with Gasteiger partial charge in [0.2, 0.25) is 0 Å². The molecule has 2 aliphatic rings. The van der Waals surface area contributed by atoms with Gasteiger partial charge in [0.1, 0.15) is 11.5 Å². The van der Waals surface area contributed by atoms with Gasteiger partial charge in [-0.05, 0) is 161 Å². The first-order chi connectivity index (χ1) is 25.0. The summed E-state index contributed by atoms with van der Waals surface area (Å²) in [5.41, 5.74) is 23.2. The smallest absolute Gasteiger partial charge is 0.256 e. The summed E-state index contributed by atoms with van der Waals surface area (Å²) in [7, 11) is 0. The van der Waals surface area contributed by atoms with E-state index in [0.29, 0.717) is 0 Å². The average Bonchev–Trinajstić information content (AvgIpc) is 3.39. The Kier molecular flexibility index (Phi) is 7.17. The molecule has 0 amide bonds. The molecule has 9 rings (SSSR count). The van der Waals surface area contributed by atoms with Crippen LogP contribution in [0.4, 0.5) is 0 Å². The highest BCUT2D eigenvalue weighted by atomic mass is 16.5. The topological polar surface area (TPSA) is 14.2 Å². The molecule has 53 heavy (non-hydrogen) atoms. The van der Waals surface area contributed by atoms with E-state index in [4.69, 9.17) is 4.74 Å². The van der Waals surface area contributed by atoms with E-state index in [1.165, 1.54) is 111 Å². The summed E-state index contributed by atoms with van der Waals surface area (Å²) in [6.07, 6.45) is 0.